The number of nitrogens with zero attached hydrogens (tertiary/aromatic N) is 3. The van der Waals surface area contributed by atoms with E-state index in [4.69, 9.17) is 4.98 Å². The third-order valence-electron chi connectivity index (χ3n) is 11.6. The highest BCUT2D eigenvalue weighted by Crippen LogP contribution is 2.65. The van der Waals surface area contributed by atoms with Gasteiger partial charge in [-0.05, 0) is 50.2 Å². The van der Waals surface area contributed by atoms with Crippen molar-refractivity contribution in [2.75, 3.05) is 0 Å². The van der Waals surface area contributed by atoms with Crippen molar-refractivity contribution in [2.45, 2.75) is 138 Å². The molecule has 34 heavy (non-hydrogen) atoms. The Hall–Kier alpha value is -1.64. The molecule has 0 bridgehead atoms. The Bertz CT molecular complexity index is 1150. The zero-order chi connectivity index (χ0) is 25.9. The molecule has 2 aliphatic heterocycles. The first-order valence-corrected chi connectivity index (χ1v) is 13.6. The molecule has 3 unspecified atom stereocenters. The molecule has 2 aromatic heterocycles. The third kappa shape index (κ3) is 2.36. The van der Waals surface area contributed by atoms with Crippen LogP contribution in [0.2, 0.25) is 0 Å². The average molecular weight is 465 g/mol. The van der Waals surface area contributed by atoms with Gasteiger partial charge < -0.3 is 0 Å². The molecule has 4 rings (SSSR count). The summed E-state index contributed by atoms with van der Waals surface area (Å²) in [6.45, 7) is 34.1. The van der Waals surface area contributed by atoms with E-state index in [2.05, 4.69) is 118 Å². The lowest BCUT2D eigenvalue weighted by atomic mass is 9.46. The van der Waals surface area contributed by atoms with Gasteiger partial charge >= 0.3 is 0 Å². The van der Waals surface area contributed by atoms with E-state index >= 15 is 0 Å². The van der Waals surface area contributed by atoms with Gasteiger partial charge in [-0.25, -0.2) is 9.13 Å². The van der Waals surface area contributed by atoms with Gasteiger partial charge in [0, 0.05) is 30.9 Å². The minimum atomic E-state index is -0.169. The molecule has 0 N–H and O–H groups in total. The van der Waals surface area contributed by atoms with E-state index in [-0.39, 0.29) is 32.7 Å². The highest BCUT2D eigenvalue weighted by atomic mass is 15.3. The molecule has 0 spiro atoms. The van der Waals surface area contributed by atoms with Crippen molar-refractivity contribution in [1.82, 2.24) is 9.55 Å². The van der Waals surface area contributed by atoms with Crippen LogP contribution in [0, 0.1) is 24.7 Å². The lowest BCUT2D eigenvalue weighted by Gasteiger charge is -2.61. The summed E-state index contributed by atoms with van der Waals surface area (Å²) in [5.41, 5.74) is 6.83. The Kier molecular flexibility index (Phi) is 5.22. The molecule has 0 radical (unpaired) electrons. The van der Waals surface area contributed by atoms with Crippen LogP contribution in [-0.4, -0.2) is 9.55 Å². The molecule has 2 aliphatic rings. The van der Waals surface area contributed by atoms with E-state index in [1.165, 1.54) is 34.0 Å². The van der Waals surface area contributed by atoms with E-state index in [9.17, 15) is 0 Å². The van der Waals surface area contributed by atoms with Gasteiger partial charge in [0.05, 0.1) is 16.7 Å². The van der Waals surface area contributed by atoms with Crippen LogP contribution >= 0.6 is 0 Å². The van der Waals surface area contributed by atoms with Crippen molar-refractivity contribution >= 4 is 0 Å². The molecule has 3 nitrogen and oxygen atoms in total. The average Bonchev–Trinajstić information content (AvgIpc) is 3.02. The zero-order valence-electron chi connectivity index (χ0n) is 24.6. The van der Waals surface area contributed by atoms with Gasteiger partial charge in [0.2, 0.25) is 0 Å². The van der Waals surface area contributed by atoms with Gasteiger partial charge in [-0.3, -0.25) is 4.98 Å². The van der Waals surface area contributed by atoms with Crippen LogP contribution in [0.1, 0.15) is 125 Å². The zero-order valence-corrected chi connectivity index (χ0v) is 24.6. The lowest BCUT2D eigenvalue weighted by molar-refractivity contribution is -0.786. The second-order valence-corrected chi connectivity index (χ2v) is 13.9. The van der Waals surface area contributed by atoms with Crippen molar-refractivity contribution in [1.29, 1.82) is 0 Å². The van der Waals surface area contributed by atoms with E-state index in [0.717, 1.165) is 19.3 Å². The van der Waals surface area contributed by atoms with Crippen LogP contribution in [0.3, 0.4) is 0 Å². The van der Waals surface area contributed by atoms with E-state index < -0.39 is 0 Å². The molecule has 0 saturated carbocycles. The fourth-order valence-electron chi connectivity index (χ4n) is 8.55. The Morgan fingerprint density at radius 1 is 0.882 bits per heavy atom. The van der Waals surface area contributed by atoms with Crippen molar-refractivity contribution < 1.29 is 4.57 Å². The maximum Gasteiger partial charge on any atom is 0.292 e. The van der Waals surface area contributed by atoms with Crippen LogP contribution in [0.4, 0.5) is 0 Å². The first kappa shape index (κ1) is 25.5. The summed E-state index contributed by atoms with van der Waals surface area (Å²) in [4.78, 5) is 5.29. The quantitative estimate of drug-likeness (QED) is 0.426. The number of imidazole rings is 1. The number of rotatable bonds is 3. The highest BCUT2D eigenvalue weighted by Gasteiger charge is 2.71. The second-order valence-electron chi connectivity index (χ2n) is 13.9. The van der Waals surface area contributed by atoms with E-state index in [0.29, 0.717) is 0 Å². The summed E-state index contributed by atoms with van der Waals surface area (Å²) in [7, 11) is 0. The molecule has 0 aliphatic carbocycles. The molecule has 0 aromatic carbocycles. The van der Waals surface area contributed by atoms with Crippen molar-refractivity contribution in [3.8, 4) is 11.4 Å². The maximum atomic E-state index is 5.29. The summed E-state index contributed by atoms with van der Waals surface area (Å²) in [5, 5.41) is 0. The van der Waals surface area contributed by atoms with Gasteiger partial charge in [-0.2, -0.15) is 0 Å². The lowest BCUT2D eigenvalue weighted by Crippen LogP contribution is -2.77. The van der Waals surface area contributed by atoms with Crippen molar-refractivity contribution in [3.63, 3.8) is 0 Å². The predicted molar refractivity (Wildman–Crippen MR) is 143 cm³/mol. The van der Waals surface area contributed by atoms with E-state index in [1.54, 1.807) is 0 Å². The summed E-state index contributed by atoms with van der Waals surface area (Å²) < 4.78 is 5.56. The molecule has 3 heteroatoms. The number of pyridine rings is 1. The van der Waals surface area contributed by atoms with Gasteiger partial charge in [-0.15, -0.1) is 0 Å². The van der Waals surface area contributed by atoms with Crippen molar-refractivity contribution in [2.24, 2.45) is 10.8 Å². The molecule has 188 valence electrons. The Morgan fingerprint density at radius 2 is 1.44 bits per heavy atom. The van der Waals surface area contributed by atoms with Crippen molar-refractivity contribution in [3.05, 3.63) is 34.9 Å². The molecule has 0 saturated heterocycles. The number of hydrogen-bond donors (Lipinski definition) is 0. The summed E-state index contributed by atoms with van der Waals surface area (Å²) in [6, 6.07) is 2.36. The van der Waals surface area contributed by atoms with Gasteiger partial charge in [0.25, 0.3) is 5.82 Å². The van der Waals surface area contributed by atoms with Crippen LogP contribution in [-0.2, 0) is 21.9 Å². The fraction of sp³-hybridized carbons (Fsp3) is 0.742. The Morgan fingerprint density at radius 3 is 1.88 bits per heavy atom. The highest BCUT2D eigenvalue weighted by molar-refractivity contribution is 5.71. The Labute approximate surface area is 209 Å². The predicted octanol–water partition coefficient (Wildman–Crippen LogP) is 7.73. The second kappa shape index (κ2) is 6.98. The minimum Gasteiger partial charge on any atom is -0.260 e. The molecule has 0 amide bonds. The molecule has 4 heterocycles. The third-order valence-corrected chi connectivity index (χ3v) is 11.6. The molecule has 3 atom stereocenters. The van der Waals surface area contributed by atoms with Crippen LogP contribution in [0.5, 0.6) is 0 Å². The smallest absolute Gasteiger partial charge is 0.260 e. The molecular weight excluding hydrogens is 414 g/mol. The topological polar surface area (TPSA) is 21.7 Å². The van der Waals surface area contributed by atoms with Gasteiger partial charge in [0.1, 0.15) is 22.5 Å². The summed E-state index contributed by atoms with van der Waals surface area (Å²) >= 11 is 0. The number of hydrogen-bond acceptors (Lipinski definition) is 1. The summed E-state index contributed by atoms with van der Waals surface area (Å²) in [6.07, 6.45) is 5.48. The molecular formula is C31H50N3+. The molecule has 2 aromatic rings. The SMILES string of the molecule is CCC1(C)c2ccnc3c2-c2n(c(C)c(C)[n+]2C(C)(C(C)(C)C)C3(C)C(C)(C)C)C1(CC)CC. The minimum absolute atomic E-state index is 0.0109. The van der Waals surface area contributed by atoms with Crippen LogP contribution in [0.25, 0.3) is 11.4 Å². The largest absolute Gasteiger partial charge is 0.292 e. The van der Waals surface area contributed by atoms with Crippen LogP contribution < -0.4 is 4.57 Å². The maximum absolute atomic E-state index is 5.29. The summed E-state index contributed by atoms with van der Waals surface area (Å²) in [5.74, 6) is 1.40. The van der Waals surface area contributed by atoms with Crippen LogP contribution in [0.15, 0.2) is 12.3 Å². The normalized spacial score (nSPS) is 29.8. The number of aromatic nitrogens is 3. The Balaban J connectivity index is 2.39. The van der Waals surface area contributed by atoms with Gasteiger partial charge in [-0.1, -0.05) is 69.2 Å². The first-order valence-electron chi connectivity index (χ1n) is 13.6. The van der Waals surface area contributed by atoms with E-state index in [1.807, 2.05) is 0 Å². The monoisotopic (exact) mass is 464 g/mol. The first-order chi connectivity index (χ1) is 15.5. The standard InChI is InChI=1S/C31H50N3/c1-15-28(12)22-18-19-32-24-23(22)25-33(20(4)21(5)34(25)31(28,16-2)17-3)30(14,27(9,10)11)29(24,13)26(6,7)8/h18-19H,15-17H2,1-14H3/q+1. The molecule has 0 fully saturated rings. The fourth-order valence-corrected chi connectivity index (χ4v) is 8.55. The van der Waals surface area contributed by atoms with Gasteiger partial charge in [0.15, 0.2) is 0 Å².